The number of aromatic hydroxyl groups is 1. The van der Waals surface area contributed by atoms with Gasteiger partial charge in [-0.15, -0.1) is 0 Å². The molecule has 3 rings (SSSR count). The van der Waals surface area contributed by atoms with E-state index in [0.29, 0.717) is 0 Å². The van der Waals surface area contributed by atoms with Crippen molar-refractivity contribution >= 4 is 34.9 Å². The number of carbonyl (C=O) groups is 1. The molecule has 0 saturated carbocycles. The van der Waals surface area contributed by atoms with Gasteiger partial charge < -0.3 is 10.2 Å². The Hall–Kier alpha value is -3.00. The molecule has 1 amide bonds. The molecule has 1 aromatic heterocycles. The first-order valence-corrected chi connectivity index (χ1v) is 8.44. The average molecular weight is 356 g/mol. The molecule has 0 fully saturated rings. The zero-order chi connectivity index (χ0) is 17.8. The van der Waals surface area contributed by atoms with Crippen molar-refractivity contribution < 1.29 is 19.6 Å². The number of nitrogens with zero attached hydrogens (tertiary/aromatic N) is 2. The molecule has 0 radical (unpaired) electrons. The van der Waals surface area contributed by atoms with Crippen molar-refractivity contribution in [3.05, 3.63) is 48.0 Å². The summed E-state index contributed by atoms with van der Waals surface area (Å²) >= 11 is 1.36. The van der Waals surface area contributed by atoms with Crippen LogP contribution in [0, 0.1) is 0 Å². The van der Waals surface area contributed by atoms with Crippen molar-refractivity contribution in [1.82, 2.24) is 10.4 Å². The third-order valence-electron chi connectivity index (χ3n) is 3.54. The fourth-order valence-electron chi connectivity index (χ4n) is 2.28. The molecule has 0 atom stereocenters. The Labute approximate surface area is 148 Å². The molecular weight excluding hydrogens is 340 g/mol. The molecular formula is C17H16N4O3S. The van der Waals surface area contributed by atoms with Gasteiger partial charge in [0.1, 0.15) is 5.75 Å². The predicted molar refractivity (Wildman–Crippen MR) is 93.5 cm³/mol. The summed E-state index contributed by atoms with van der Waals surface area (Å²) in [6.07, 6.45) is 1.26. The van der Waals surface area contributed by atoms with E-state index in [1.807, 2.05) is 35.9 Å². The van der Waals surface area contributed by atoms with Crippen LogP contribution in [-0.2, 0) is 11.8 Å². The summed E-state index contributed by atoms with van der Waals surface area (Å²) in [6.45, 7) is 0. The zero-order valence-corrected chi connectivity index (χ0v) is 14.2. The lowest BCUT2D eigenvalue weighted by Gasteiger charge is -2.09. The number of fused-ring (bicyclic) bond motifs is 1. The highest BCUT2D eigenvalue weighted by molar-refractivity contribution is 7.99. The highest BCUT2D eigenvalue weighted by Gasteiger charge is 2.16. The number of carbonyl (C=O) groups excluding carboxylic acids is 1. The third kappa shape index (κ3) is 3.92. The minimum absolute atomic E-state index is 0.103. The molecule has 3 N–H and O–H groups in total. The van der Waals surface area contributed by atoms with Crippen LogP contribution in [0.3, 0.4) is 0 Å². The fraction of sp³-hybridized carbons (Fsp3) is 0.118. The zero-order valence-electron chi connectivity index (χ0n) is 13.4. The van der Waals surface area contributed by atoms with E-state index in [9.17, 15) is 15.0 Å². The number of benzene rings is 2. The van der Waals surface area contributed by atoms with Gasteiger partial charge in [0.05, 0.1) is 19.0 Å². The number of amides is 1. The van der Waals surface area contributed by atoms with Crippen LogP contribution in [0.4, 0.5) is 0 Å². The Balaban J connectivity index is 1.57. The minimum Gasteiger partial charge on any atom is -0.872 e. The van der Waals surface area contributed by atoms with Crippen molar-refractivity contribution in [2.75, 3.05) is 5.75 Å². The number of para-hydroxylation sites is 2. The molecule has 0 unspecified atom stereocenters. The van der Waals surface area contributed by atoms with Crippen molar-refractivity contribution in [2.45, 2.75) is 5.16 Å². The number of H-pyrrole nitrogens is 1. The first-order valence-electron chi connectivity index (χ1n) is 7.46. The van der Waals surface area contributed by atoms with Crippen molar-refractivity contribution in [2.24, 2.45) is 12.1 Å². The number of phenolic OH excluding ortho intramolecular Hbond substituents is 1. The Bertz CT molecular complexity index is 952. The Kier molecular flexibility index (Phi) is 4.90. The summed E-state index contributed by atoms with van der Waals surface area (Å²) in [4.78, 5) is 15.1. The summed E-state index contributed by atoms with van der Waals surface area (Å²) < 4.78 is 1.98. The van der Waals surface area contributed by atoms with Gasteiger partial charge in [0.15, 0.2) is 11.0 Å². The second kappa shape index (κ2) is 7.27. The number of hydrazone groups is 1. The molecule has 7 nitrogen and oxygen atoms in total. The molecule has 0 aliphatic heterocycles. The van der Waals surface area contributed by atoms with E-state index in [2.05, 4.69) is 15.5 Å². The number of aromatic nitrogens is 2. The summed E-state index contributed by atoms with van der Waals surface area (Å²) in [5.74, 6) is -0.574. The second-order valence-corrected chi connectivity index (χ2v) is 6.27. The van der Waals surface area contributed by atoms with Gasteiger partial charge in [0, 0.05) is 0 Å². The molecule has 128 valence electrons. The lowest BCUT2D eigenvalue weighted by Crippen LogP contribution is -2.30. The van der Waals surface area contributed by atoms with Gasteiger partial charge in [0.25, 0.3) is 5.91 Å². The van der Waals surface area contributed by atoms with Gasteiger partial charge in [-0.05, 0) is 41.6 Å². The third-order valence-corrected chi connectivity index (χ3v) is 4.60. The van der Waals surface area contributed by atoms with Crippen LogP contribution < -0.4 is 15.1 Å². The van der Waals surface area contributed by atoms with Crippen LogP contribution in [0.15, 0.2) is 52.7 Å². The lowest BCUT2D eigenvalue weighted by molar-refractivity contribution is -0.683. The second-order valence-electron chi connectivity index (χ2n) is 5.31. The Morgan fingerprint density at radius 1 is 1.40 bits per heavy atom. The van der Waals surface area contributed by atoms with E-state index >= 15 is 0 Å². The van der Waals surface area contributed by atoms with Gasteiger partial charge in [0.2, 0.25) is 0 Å². The topological polar surface area (TPSA) is 104 Å². The van der Waals surface area contributed by atoms with Gasteiger partial charge in [-0.3, -0.25) is 4.79 Å². The fourth-order valence-corrected chi connectivity index (χ4v) is 3.09. The van der Waals surface area contributed by atoms with E-state index in [1.54, 1.807) is 0 Å². The van der Waals surface area contributed by atoms with Crippen LogP contribution in [0.25, 0.3) is 11.0 Å². The highest BCUT2D eigenvalue weighted by atomic mass is 32.2. The number of phenols is 1. The lowest BCUT2D eigenvalue weighted by atomic mass is 10.2. The maximum absolute atomic E-state index is 11.9. The number of nitrogens with one attached hydrogen (secondary N) is 2. The minimum atomic E-state index is -0.363. The quantitative estimate of drug-likeness (QED) is 0.275. The van der Waals surface area contributed by atoms with E-state index in [1.165, 1.54) is 30.1 Å². The normalized spacial score (nSPS) is 11.2. The molecule has 25 heavy (non-hydrogen) atoms. The predicted octanol–water partition coefficient (Wildman–Crippen LogP) is 1.01. The van der Waals surface area contributed by atoms with Crippen LogP contribution >= 0.6 is 11.8 Å². The molecule has 2 aromatic carbocycles. The first-order chi connectivity index (χ1) is 12.0. The molecule has 0 bridgehead atoms. The van der Waals surface area contributed by atoms with Gasteiger partial charge in [-0.1, -0.05) is 23.9 Å². The molecule has 0 saturated heterocycles. The van der Waals surface area contributed by atoms with E-state index in [4.69, 9.17) is 0 Å². The molecule has 0 spiro atoms. The number of rotatable bonds is 5. The standard InChI is InChI=1S/C17H16N4O3S/c1-21-14-5-3-2-4-13(14)19-17(21)25-10-16(24)20-18-9-11-6-7-12(22)8-15(11)23/h2-9H,10H2,1H3,(H3,18,20,22,23,24). The van der Waals surface area contributed by atoms with E-state index in [-0.39, 0.29) is 28.7 Å². The van der Waals surface area contributed by atoms with Crippen LogP contribution in [0.1, 0.15) is 5.56 Å². The largest absolute Gasteiger partial charge is 0.872 e. The SMILES string of the molecule is C[n+]1c(SCC(=O)N/N=C/c2ccc(O)cc2[O-])[nH]c2ccccc21. The Morgan fingerprint density at radius 2 is 2.20 bits per heavy atom. The van der Waals surface area contributed by atoms with E-state index < -0.39 is 0 Å². The van der Waals surface area contributed by atoms with E-state index in [0.717, 1.165) is 22.3 Å². The summed E-state index contributed by atoms with van der Waals surface area (Å²) in [6, 6.07) is 11.8. The number of aryl methyl sites for hydroxylation is 1. The first kappa shape index (κ1) is 16.8. The van der Waals surface area contributed by atoms with Gasteiger partial charge >= 0.3 is 5.16 Å². The molecule has 3 aromatic rings. The average Bonchev–Trinajstić information content (AvgIpc) is 2.91. The van der Waals surface area contributed by atoms with Gasteiger partial charge in [-0.25, -0.2) is 15.0 Å². The van der Waals surface area contributed by atoms with Crippen molar-refractivity contribution in [3.63, 3.8) is 0 Å². The number of hydrogen-bond donors (Lipinski definition) is 3. The molecule has 1 heterocycles. The highest BCUT2D eigenvalue weighted by Crippen LogP contribution is 2.18. The maximum atomic E-state index is 11.9. The monoisotopic (exact) mass is 356 g/mol. The summed E-state index contributed by atoms with van der Waals surface area (Å²) in [5, 5.41) is 25.4. The summed E-state index contributed by atoms with van der Waals surface area (Å²) in [5.41, 5.74) is 4.72. The van der Waals surface area contributed by atoms with Crippen LogP contribution in [0.2, 0.25) is 0 Å². The number of hydrogen-bond acceptors (Lipinski definition) is 5. The molecule has 8 heteroatoms. The molecule has 0 aliphatic rings. The maximum Gasteiger partial charge on any atom is 0.317 e. The number of aromatic amines is 1. The molecule has 0 aliphatic carbocycles. The van der Waals surface area contributed by atoms with Gasteiger partial charge in [-0.2, -0.15) is 5.10 Å². The van der Waals surface area contributed by atoms with Crippen molar-refractivity contribution in [1.29, 1.82) is 0 Å². The van der Waals surface area contributed by atoms with Crippen molar-refractivity contribution in [3.8, 4) is 11.5 Å². The number of imidazole rings is 1. The summed E-state index contributed by atoms with van der Waals surface area (Å²) in [7, 11) is 1.93. The van der Waals surface area contributed by atoms with Crippen LogP contribution in [-0.4, -0.2) is 28.0 Å². The smallest absolute Gasteiger partial charge is 0.317 e. The number of thioether (sulfide) groups is 1. The Morgan fingerprint density at radius 3 is 2.96 bits per heavy atom. The van der Waals surface area contributed by atoms with Crippen LogP contribution in [0.5, 0.6) is 11.5 Å².